The highest BCUT2D eigenvalue weighted by molar-refractivity contribution is 5.69. The third kappa shape index (κ3) is 2.01. The Hall–Kier alpha value is -1.76. The highest BCUT2D eigenvalue weighted by atomic mass is 14.5. The number of anilines is 1. The van der Waals surface area contributed by atoms with Crippen LogP contribution in [-0.4, -0.2) is 0 Å². The van der Waals surface area contributed by atoms with Crippen molar-refractivity contribution in [2.45, 2.75) is 13.8 Å². The molecule has 0 aliphatic rings. The summed E-state index contributed by atoms with van der Waals surface area (Å²) in [5.41, 5.74) is 11.6. The molecule has 2 aromatic rings. The van der Waals surface area contributed by atoms with Gasteiger partial charge >= 0.3 is 0 Å². The molecule has 0 aliphatic carbocycles. The topological polar surface area (TPSA) is 26.0 Å². The first-order valence-electron chi connectivity index (χ1n) is 5.10. The summed E-state index contributed by atoms with van der Waals surface area (Å²) < 4.78 is 0. The number of nitrogen functional groups attached to an aromatic ring is 1. The fraction of sp³-hybridized carbons (Fsp3) is 0.143. The van der Waals surface area contributed by atoms with Crippen LogP contribution in [0.15, 0.2) is 42.5 Å². The summed E-state index contributed by atoms with van der Waals surface area (Å²) in [5, 5.41) is 0. The Labute approximate surface area is 90.6 Å². The lowest BCUT2D eigenvalue weighted by atomic mass is 9.99. The predicted octanol–water partition coefficient (Wildman–Crippen LogP) is 3.55. The molecule has 0 spiro atoms. The number of hydrogen-bond acceptors (Lipinski definition) is 1. The second-order valence-corrected chi connectivity index (χ2v) is 3.94. The van der Waals surface area contributed by atoms with Crippen LogP contribution in [0.2, 0.25) is 0 Å². The number of nitrogens with two attached hydrogens (primary N) is 1. The van der Waals surface area contributed by atoms with Crippen molar-refractivity contribution >= 4 is 5.69 Å². The van der Waals surface area contributed by atoms with Crippen molar-refractivity contribution in [3.63, 3.8) is 0 Å². The molecule has 2 N–H and O–H groups in total. The van der Waals surface area contributed by atoms with Crippen LogP contribution in [-0.2, 0) is 0 Å². The van der Waals surface area contributed by atoms with Crippen LogP contribution in [0.5, 0.6) is 0 Å². The molecule has 2 rings (SSSR count). The van der Waals surface area contributed by atoms with Crippen LogP contribution in [0, 0.1) is 13.8 Å². The summed E-state index contributed by atoms with van der Waals surface area (Å²) in [4.78, 5) is 0. The minimum absolute atomic E-state index is 0.823. The van der Waals surface area contributed by atoms with E-state index in [4.69, 9.17) is 5.73 Å². The molecule has 0 radical (unpaired) electrons. The Morgan fingerprint density at radius 1 is 0.867 bits per heavy atom. The second-order valence-electron chi connectivity index (χ2n) is 3.94. The van der Waals surface area contributed by atoms with E-state index in [0.717, 1.165) is 5.69 Å². The van der Waals surface area contributed by atoms with E-state index in [1.54, 1.807) is 0 Å². The zero-order valence-electron chi connectivity index (χ0n) is 9.12. The van der Waals surface area contributed by atoms with E-state index in [0.29, 0.717) is 0 Å². The normalized spacial score (nSPS) is 10.3. The smallest absolute Gasteiger partial charge is 0.0317 e. The van der Waals surface area contributed by atoms with E-state index >= 15 is 0 Å². The average molecular weight is 197 g/mol. The molecule has 0 bridgehead atoms. The highest BCUT2D eigenvalue weighted by Crippen LogP contribution is 2.25. The Balaban J connectivity index is 2.49. The summed E-state index contributed by atoms with van der Waals surface area (Å²) in [6.45, 7) is 4.19. The summed E-state index contributed by atoms with van der Waals surface area (Å²) in [6, 6.07) is 14.6. The maximum atomic E-state index is 5.73. The van der Waals surface area contributed by atoms with Gasteiger partial charge < -0.3 is 5.73 Å². The first kappa shape index (κ1) is 9.78. The molecular formula is C14H15N. The molecule has 1 heteroatoms. The molecule has 0 saturated carbocycles. The predicted molar refractivity (Wildman–Crippen MR) is 65.8 cm³/mol. The maximum absolute atomic E-state index is 5.73. The van der Waals surface area contributed by atoms with Crippen molar-refractivity contribution in [1.29, 1.82) is 0 Å². The first-order chi connectivity index (χ1) is 7.16. The summed E-state index contributed by atoms with van der Waals surface area (Å²) in [6.07, 6.45) is 0. The van der Waals surface area contributed by atoms with Gasteiger partial charge in [0.25, 0.3) is 0 Å². The molecule has 15 heavy (non-hydrogen) atoms. The lowest BCUT2D eigenvalue weighted by Crippen LogP contribution is -1.88. The van der Waals surface area contributed by atoms with E-state index in [2.05, 4.69) is 44.2 Å². The molecule has 0 aromatic heterocycles. The SMILES string of the molecule is Cc1ccc(-c2ccc(N)cc2C)cc1. The number of hydrogen-bond donors (Lipinski definition) is 1. The van der Waals surface area contributed by atoms with Crippen LogP contribution in [0.3, 0.4) is 0 Å². The Kier molecular flexibility index (Phi) is 2.46. The van der Waals surface area contributed by atoms with Gasteiger partial charge in [0, 0.05) is 5.69 Å². The van der Waals surface area contributed by atoms with E-state index in [1.807, 2.05) is 12.1 Å². The fourth-order valence-electron chi connectivity index (χ4n) is 1.74. The van der Waals surface area contributed by atoms with E-state index in [9.17, 15) is 0 Å². The van der Waals surface area contributed by atoms with Crippen LogP contribution in [0.4, 0.5) is 5.69 Å². The minimum atomic E-state index is 0.823. The van der Waals surface area contributed by atoms with Gasteiger partial charge in [0.15, 0.2) is 0 Å². The molecular weight excluding hydrogens is 182 g/mol. The number of aryl methyl sites for hydroxylation is 2. The van der Waals surface area contributed by atoms with Crippen molar-refractivity contribution < 1.29 is 0 Å². The van der Waals surface area contributed by atoms with Crippen molar-refractivity contribution in [2.75, 3.05) is 5.73 Å². The average Bonchev–Trinajstić information content (AvgIpc) is 2.20. The van der Waals surface area contributed by atoms with Gasteiger partial charge in [0.05, 0.1) is 0 Å². The van der Waals surface area contributed by atoms with Crippen LogP contribution in [0.25, 0.3) is 11.1 Å². The summed E-state index contributed by atoms with van der Waals surface area (Å²) in [5.74, 6) is 0. The lowest BCUT2D eigenvalue weighted by Gasteiger charge is -2.07. The molecule has 0 heterocycles. The fourth-order valence-corrected chi connectivity index (χ4v) is 1.74. The molecule has 2 aromatic carbocycles. The van der Waals surface area contributed by atoms with Gasteiger partial charge in [-0.05, 0) is 42.7 Å². The van der Waals surface area contributed by atoms with Gasteiger partial charge in [0.2, 0.25) is 0 Å². The zero-order chi connectivity index (χ0) is 10.8. The van der Waals surface area contributed by atoms with Crippen LogP contribution >= 0.6 is 0 Å². The molecule has 0 amide bonds. The van der Waals surface area contributed by atoms with Gasteiger partial charge in [-0.2, -0.15) is 0 Å². The molecule has 0 aliphatic heterocycles. The summed E-state index contributed by atoms with van der Waals surface area (Å²) in [7, 11) is 0. The molecule has 0 fully saturated rings. The van der Waals surface area contributed by atoms with Gasteiger partial charge in [-0.1, -0.05) is 35.9 Å². The minimum Gasteiger partial charge on any atom is -0.399 e. The monoisotopic (exact) mass is 197 g/mol. The largest absolute Gasteiger partial charge is 0.399 e. The number of rotatable bonds is 1. The van der Waals surface area contributed by atoms with Crippen molar-refractivity contribution in [2.24, 2.45) is 0 Å². The lowest BCUT2D eigenvalue weighted by molar-refractivity contribution is 1.43. The van der Waals surface area contributed by atoms with E-state index in [-0.39, 0.29) is 0 Å². The van der Waals surface area contributed by atoms with E-state index < -0.39 is 0 Å². The number of benzene rings is 2. The Bertz CT molecular complexity index is 469. The molecule has 1 nitrogen and oxygen atoms in total. The quantitative estimate of drug-likeness (QED) is 0.695. The standard InChI is InChI=1S/C14H15N/c1-10-3-5-12(6-4-10)14-8-7-13(15)9-11(14)2/h3-9H,15H2,1-2H3. The third-order valence-corrected chi connectivity index (χ3v) is 2.61. The van der Waals surface area contributed by atoms with Gasteiger partial charge in [0.1, 0.15) is 0 Å². The van der Waals surface area contributed by atoms with Gasteiger partial charge in [-0.3, -0.25) is 0 Å². The maximum Gasteiger partial charge on any atom is 0.0317 e. The highest BCUT2D eigenvalue weighted by Gasteiger charge is 2.01. The van der Waals surface area contributed by atoms with Gasteiger partial charge in [-0.15, -0.1) is 0 Å². The molecule has 0 unspecified atom stereocenters. The Morgan fingerprint density at radius 2 is 1.53 bits per heavy atom. The second kappa shape index (κ2) is 3.77. The Morgan fingerprint density at radius 3 is 2.13 bits per heavy atom. The van der Waals surface area contributed by atoms with Crippen LogP contribution in [0.1, 0.15) is 11.1 Å². The molecule has 0 saturated heterocycles. The molecule has 0 atom stereocenters. The van der Waals surface area contributed by atoms with E-state index in [1.165, 1.54) is 22.3 Å². The third-order valence-electron chi connectivity index (χ3n) is 2.61. The first-order valence-corrected chi connectivity index (χ1v) is 5.10. The van der Waals surface area contributed by atoms with Crippen LogP contribution < -0.4 is 5.73 Å². The van der Waals surface area contributed by atoms with Crippen molar-refractivity contribution in [3.8, 4) is 11.1 Å². The van der Waals surface area contributed by atoms with Crippen molar-refractivity contribution in [3.05, 3.63) is 53.6 Å². The summed E-state index contributed by atoms with van der Waals surface area (Å²) >= 11 is 0. The molecule has 76 valence electrons. The van der Waals surface area contributed by atoms with Gasteiger partial charge in [-0.25, -0.2) is 0 Å². The zero-order valence-corrected chi connectivity index (χ0v) is 9.12. The van der Waals surface area contributed by atoms with Crippen molar-refractivity contribution in [1.82, 2.24) is 0 Å².